The van der Waals surface area contributed by atoms with E-state index in [1.807, 2.05) is 43.3 Å². The molecule has 1 aliphatic carbocycles. The van der Waals surface area contributed by atoms with E-state index in [0.29, 0.717) is 6.54 Å². The van der Waals surface area contributed by atoms with Crippen molar-refractivity contribution in [2.24, 2.45) is 5.92 Å². The lowest BCUT2D eigenvalue weighted by Gasteiger charge is -2.27. The molecule has 0 radical (unpaired) electrons. The Labute approximate surface area is 189 Å². The van der Waals surface area contributed by atoms with Crippen LogP contribution in [0, 0.1) is 5.92 Å². The van der Waals surface area contributed by atoms with E-state index in [1.165, 1.54) is 5.56 Å². The molecule has 3 amide bonds. The van der Waals surface area contributed by atoms with Crippen molar-refractivity contribution in [3.05, 3.63) is 65.2 Å². The highest BCUT2D eigenvalue weighted by atomic mass is 16.5. The van der Waals surface area contributed by atoms with Gasteiger partial charge in [0.05, 0.1) is 19.3 Å². The van der Waals surface area contributed by atoms with Gasteiger partial charge in [0.15, 0.2) is 0 Å². The predicted molar refractivity (Wildman–Crippen MR) is 124 cm³/mol. The van der Waals surface area contributed by atoms with E-state index in [9.17, 15) is 9.59 Å². The number of amides is 3. The molecular formula is C25H32N4O3. The molecule has 2 aliphatic rings. The summed E-state index contributed by atoms with van der Waals surface area (Å²) >= 11 is 0. The Kier molecular flexibility index (Phi) is 7.39. The van der Waals surface area contributed by atoms with Crippen molar-refractivity contribution in [2.75, 3.05) is 31.6 Å². The number of anilines is 1. The maximum Gasteiger partial charge on any atom is 0.315 e. The Morgan fingerprint density at radius 1 is 1.03 bits per heavy atom. The van der Waals surface area contributed by atoms with Crippen molar-refractivity contribution in [3.63, 3.8) is 0 Å². The Morgan fingerprint density at radius 3 is 2.41 bits per heavy atom. The quantitative estimate of drug-likeness (QED) is 0.592. The minimum absolute atomic E-state index is 0.0946. The van der Waals surface area contributed by atoms with Crippen LogP contribution < -0.4 is 16.0 Å². The summed E-state index contributed by atoms with van der Waals surface area (Å²) in [4.78, 5) is 26.7. The van der Waals surface area contributed by atoms with Gasteiger partial charge in [-0.1, -0.05) is 36.4 Å². The molecule has 2 fully saturated rings. The fourth-order valence-corrected chi connectivity index (χ4v) is 3.84. The van der Waals surface area contributed by atoms with Gasteiger partial charge >= 0.3 is 6.03 Å². The van der Waals surface area contributed by atoms with Gasteiger partial charge in [-0.3, -0.25) is 9.69 Å². The van der Waals surface area contributed by atoms with Gasteiger partial charge in [0.25, 0.3) is 0 Å². The molecule has 32 heavy (non-hydrogen) atoms. The van der Waals surface area contributed by atoms with E-state index < -0.39 is 0 Å². The molecule has 1 atom stereocenters. The summed E-state index contributed by atoms with van der Waals surface area (Å²) in [5.41, 5.74) is 4.13. The molecule has 0 aromatic heterocycles. The zero-order valence-electron chi connectivity index (χ0n) is 18.6. The maximum atomic E-state index is 12.5. The highest BCUT2D eigenvalue weighted by molar-refractivity contribution is 5.94. The number of morpholine rings is 1. The smallest absolute Gasteiger partial charge is 0.315 e. The summed E-state index contributed by atoms with van der Waals surface area (Å²) in [5, 5.41) is 8.91. The average Bonchev–Trinajstić information content (AvgIpc) is 3.65. The van der Waals surface area contributed by atoms with Crippen molar-refractivity contribution in [2.45, 2.75) is 38.9 Å². The molecule has 2 aromatic rings. The van der Waals surface area contributed by atoms with Crippen molar-refractivity contribution >= 4 is 17.6 Å². The molecule has 1 saturated heterocycles. The predicted octanol–water partition coefficient (Wildman–Crippen LogP) is 3.43. The largest absolute Gasteiger partial charge is 0.379 e. The van der Waals surface area contributed by atoms with Crippen LogP contribution in [0.3, 0.4) is 0 Å². The maximum absolute atomic E-state index is 12.5. The second kappa shape index (κ2) is 10.6. The summed E-state index contributed by atoms with van der Waals surface area (Å²) < 4.78 is 5.43. The number of ether oxygens (including phenoxy) is 1. The monoisotopic (exact) mass is 436 g/mol. The molecule has 7 heteroatoms. The van der Waals surface area contributed by atoms with Crippen LogP contribution in [0.2, 0.25) is 0 Å². The Bertz CT molecular complexity index is 921. The zero-order valence-corrected chi connectivity index (χ0v) is 18.6. The molecular weight excluding hydrogens is 404 g/mol. The second-order valence-corrected chi connectivity index (χ2v) is 8.59. The molecule has 2 aromatic carbocycles. The first-order chi connectivity index (χ1) is 15.6. The van der Waals surface area contributed by atoms with Crippen molar-refractivity contribution in [1.29, 1.82) is 0 Å². The Hall–Kier alpha value is -2.90. The van der Waals surface area contributed by atoms with Gasteiger partial charge < -0.3 is 20.7 Å². The van der Waals surface area contributed by atoms with Crippen LogP contribution in [-0.2, 0) is 22.6 Å². The third-order valence-corrected chi connectivity index (χ3v) is 6.03. The molecule has 3 N–H and O–H groups in total. The van der Waals surface area contributed by atoms with Gasteiger partial charge in [0, 0.05) is 37.8 Å². The number of carbonyl (C=O) groups is 2. The summed E-state index contributed by atoms with van der Waals surface area (Å²) in [6.07, 6.45) is 1.97. The lowest BCUT2D eigenvalue weighted by molar-refractivity contribution is -0.117. The molecule has 1 aliphatic heterocycles. The summed E-state index contributed by atoms with van der Waals surface area (Å²) in [6.45, 7) is 6.70. The van der Waals surface area contributed by atoms with E-state index in [2.05, 4.69) is 33.0 Å². The van der Waals surface area contributed by atoms with Crippen LogP contribution in [0.25, 0.3) is 0 Å². The molecule has 0 spiro atoms. The van der Waals surface area contributed by atoms with Gasteiger partial charge in [-0.05, 0) is 48.6 Å². The number of carbonyl (C=O) groups excluding carboxylic acids is 2. The summed E-state index contributed by atoms with van der Waals surface area (Å²) in [5.74, 6) is 0.273. The highest BCUT2D eigenvalue weighted by Gasteiger charge is 2.29. The van der Waals surface area contributed by atoms with E-state index in [0.717, 1.165) is 62.5 Å². The molecule has 4 rings (SSSR count). The SMILES string of the molecule is CC(NC(=O)NCc1ccccc1CN1CCOCC1)c1ccc(NC(=O)C2CC2)cc1. The normalized spacial score (nSPS) is 17.4. The first-order valence-electron chi connectivity index (χ1n) is 11.4. The van der Waals surface area contributed by atoms with Gasteiger partial charge in [-0.15, -0.1) is 0 Å². The molecule has 1 unspecified atom stereocenters. The van der Waals surface area contributed by atoms with Gasteiger partial charge in [-0.25, -0.2) is 4.79 Å². The van der Waals surface area contributed by atoms with Gasteiger partial charge in [0.1, 0.15) is 0 Å². The lowest BCUT2D eigenvalue weighted by atomic mass is 10.1. The molecule has 1 saturated carbocycles. The molecule has 7 nitrogen and oxygen atoms in total. The molecule has 0 bridgehead atoms. The number of nitrogens with one attached hydrogen (secondary N) is 3. The van der Waals surface area contributed by atoms with Crippen LogP contribution >= 0.6 is 0 Å². The van der Waals surface area contributed by atoms with Crippen molar-refractivity contribution < 1.29 is 14.3 Å². The van der Waals surface area contributed by atoms with Crippen LogP contribution in [0.15, 0.2) is 48.5 Å². The number of nitrogens with zero attached hydrogens (tertiary/aromatic N) is 1. The lowest BCUT2D eigenvalue weighted by Crippen LogP contribution is -2.37. The van der Waals surface area contributed by atoms with E-state index >= 15 is 0 Å². The minimum atomic E-state index is -0.204. The van der Waals surface area contributed by atoms with Crippen molar-refractivity contribution in [1.82, 2.24) is 15.5 Å². The number of hydrogen-bond donors (Lipinski definition) is 3. The van der Waals surface area contributed by atoms with E-state index in [4.69, 9.17) is 4.74 Å². The van der Waals surface area contributed by atoms with Gasteiger partial charge in [0.2, 0.25) is 5.91 Å². The van der Waals surface area contributed by atoms with Crippen LogP contribution in [-0.4, -0.2) is 43.1 Å². The van der Waals surface area contributed by atoms with E-state index in [-0.39, 0.29) is 23.9 Å². The number of benzene rings is 2. The first-order valence-corrected chi connectivity index (χ1v) is 11.4. The fourth-order valence-electron chi connectivity index (χ4n) is 3.84. The van der Waals surface area contributed by atoms with Crippen LogP contribution in [0.1, 0.15) is 42.5 Å². The third kappa shape index (κ3) is 6.31. The van der Waals surface area contributed by atoms with Crippen LogP contribution in [0.4, 0.5) is 10.5 Å². The summed E-state index contributed by atoms with van der Waals surface area (Å²) in [7, 11) is 0. The second-order valence-electron chi connectivity index (χ2n) is 8.59. The van der Waals surface area contributed by atoms with Crippen LogP contribution in [0.5, 0.6) is 0 Å². The number of rotatable bonds is 8. The Balaban J connectivity index is 1.26. The third-order valence-electron chi connectivity index (χ3n) is 6.03. The number of hydrogen-bond acceptors (Lipinski definition) is 4. The highest BCUT2D eigenvalue weighted by Crippen LogP contribution is 2.30. The molecule has 1 heterocycles. The number of urea groups is 1. The minimum Gasteiger partial charge on any atom is -0.379 e. The summed E-state index contributed by atoms with van der Waals surface area (Å²) in [6, 6.07) is 15.5. The van der Waals surface area contributed by atoms with Gasteiger partial charge in [-0.2, -0.15) is 0 Å². The molecule has 170 valence electrons. The standard InChI is InChI=1S/C25H32N4O3/c1-18(19-8-10-23(11-9-19)28-24(30)20-6-7-20)27-25(31)26-16-21-4-2-3-5-22(21)17-29-12-14-32-15-13-29/h2-5,8-11,18,20H,6-7,12-17H2,1H3,(H,28,30)(H2,26,27,31). The first kappa shape index (κ1) is 22.3. The topological polar surface area (TPSA) is 82.7 Å². The Morgan fingerprint density at radius 2 is 1.72 bits per heavy atom. The van der Waals surface area contributed by atoms with Crippen molar-refractivity contribution in [3.8, 4) is 0 Å². The van der Waals surface area contributed by atoms with E-state index in [1.54, 1.807) is 0 Å². The zero-order chi connectivity index (χ0) is 22.3. The fraction of sp³-hybridized carbons (Fsp3) is 0.440. The average molecular weight is 437 g/mol.